The molecule has 0 spiro atoms. The van der Waals surface area contributed by atoms with Crippen LogP contribution >= 0.6 is 11.3 Å². The fourth-order valence-electron chi connectivity index (χ4n) is 2.10. The van der Waals surface area contributed by atoms with Gasteiger partial charge in [-0.05, 0) is 42.8 Å². The summed E-state index contributed by atoms with van der Waals surface area (Å²) in [5, 5.41) is 2.01. The number of hydrogen-bond donors (Lipinski definition) is 1. The van der Waals surface area contributed by atoms with Crippen LogP contribution in [0.3, 0.4) is 0 Å². The Morgan fingerprint density at radius 3 is 3.24 bits per heavy atom. The van der Waals surface area contributed by atoms with Gasteiger partial charge in [0, 0.05) is 24.0 Å². The van der Waals surface area contributed by atoms with Crippen molar-refractivity contribution in [1.82, 2.24) is 4.90 Å². The van der Waals surface area contributed by atoms with Gasteiger partial charge in [0.1, 0.15) is 0 Å². The first-order chi connectivity index (χ1) is 8.29. The zero-order valence-electron chi connectivity index (χ0n) is 9.84. The van der Waals surface area contributed by atoms with Crippen molar-refractivity contribution in [2.45, 2.75) is 12.8 Å². The van der Waals surface area contributed by atoms with Crippen molar-refractivity contribution in [3.63, 3.8) is 0 Å². The van der Waals surface area contributed by atoms with Gasteiger partial charge < -0.3 is 10.6 Å². The molecule has 1 aliphatic heterocycles. The van der Waals surface area contributed by atoms with Crippen molar-refractivity contribution >= 4 is 23.3 Å². The van der Waals surface area contributed by atoms with Gasteiger partial charge in [0.15, 0.2) is 0 Å². The molecule has 0 aromatic carbocycles. The van der Waals surface area contributed by atoms with Crippen LogP contribution in [-0.4, -0.2) is 30.4 Å². The average Bonchev–Trinajstić information content (AvgIpc) is 2.89. The normalized spacial score (nSPS) is 21.0. The van der Waals surface area contributed by atoms with Gasteiger partial charge in [-0.25, -0.2) is 0 Å². The molecule has 0 bridgehead atoms. The van der Waals surface area contributed by atoms with Crippen LogP contribution < -0.4 is 5.73 Å². The number of nitrogens with two attached hydrogens (primary N) is 1. The number of likely N-dealkylation sites (tertiary alicyclic amines) is 1. The summed E-state index contributed by atoms with van der Waals surface area (Å²) in [6.45, 7) is 2.35. The minimum Gasteiger partial charge on any atom is -0.339 e. The highest BCUT2D eigenvalue weighted by atomic mass is 32.1. The SMILES string of the molecule is NC[C@@H]1CCCN(C(=O)/C=C/c2cccs2)C1. The molecule has 0 radical (unpaired) electrons. The minimum absolute atomic E-state index is 0.108. The molecule has 2 heterocycles. The second-order valence-electron chi connectivity index (χ2n) is 4.38. The molecular formula is C13H18N2OS. The average molecular weight is 250 g/mol. The smallest absolute Gasteiger partial charge is 0.246 e. The van der Waals surface area contributed by atoms with Gasteiger partial charge in [0.25, 0.3) is 0 Å². The second-order valence-corrected chi connectivity index (χ2v) is 5.36. The van der Waals surface area contributed by atoms with Gasteiger partial charge in [-0.3, -0.25) is 4.79 Å². The van der Waals surface area contributed by atoms with Crippen molar-refractivity contribution < 1.29 is 4.79 Å². The molecule has 0 aliphatic carbocycles. The van der Waals surface area contributed by atoms with Gasteiger partial charge in [0.2, 0.25) is 5.91 Å². The van der Waals surface area contributed by atoms with Gasteiger partial charge in [-0.1, -0.05) is 6.07 Å². The molecule has 1 saturated heterocycles. The molecule has 17 heavy (non-hydrogen) atoms. The first-order valence-corrected chi connectivity index (χ1v) is 6.88. The molecule has 1 amide bonds. The fraction of sp³-hybridized carbons (Fsp3) is 0.462. The maximum absolute atomic E-state index is 12.0. The van der Waals surface area contributed by atoms with Crippen LogP contribution in [0.15, 0.2) is 23.6 Å². The predicted molar refractivity (Wildman–Crippen MR) is 71.7 cm³/mol. The zero-order chi connectivity index (χ0) is 12.1. The predicted octanol–water partition coefficient (Wildman–Crippen LogP) is 1.96. The van der Waals surface area contributed by atoms with Crippen molar-refractivity contribution in [2.24, 2.45) is 11.7 Å². The van der Waals surface area contributed by atoms with Crippen LogP contribution in [0.1, 0.15) is 17.7 Å². The maximum Gasteiger partial charge on any atom is 0.246 e. The Bertz CT molecular complexity index is 386. The molecule has 92 valence electrons. The summed E-state index contributed by atoms with van der Waals surface area (Å²) < 4.78 is 0. The Morgan fingerprint density at radius 1 is 1.65 bits per heavy atom. The number of hydrogen-bond acceptors (Lipinski definition) is 3. The van der Waals surface area contributed by atoms with Crippen molar-refractivity contribution in [2.75, 3.05) is 19.6 Å². The lowest BCUT2D eigenvalue weighted by molar-refractivity contribution is -0.127. The third-order valence-corrected chi connectivity index (χ3v) is 3.93. The summed E-state index contributed by atoms with van der Waals surface area (Å²) in [6, 6.07) is 3.99. The molecule has 4 heteroatoms. The molecule has 2 rings (SSSR count). The largest absolute Gasteiger partial charge is 0.339 e. The van der Waals surface area contributed by atoms with E-state index in [0.29, 0.717) is 12.5 Å². The van der Waals surface area contributed by atoms with Crippen molar-refractivity contribution in [3.05, 3.63) is 28.5 Å². The van der Waals surface area contributed by atoms with Crippen LogP contribution in [0, 0.1) is 5.92 Å². The first kappa shape index (κ1) is 12.3. The van der Waals surface area contributed by atoms with E-state index in [-0.39, 0.29) is 5.91 Å². The molecule has 1 aliphatic rings. The molecule has 1 fully saturated rings. The number of carbonyl (C=O) groups excluding carboxylic acids is 1. The van der Waals surface area contributed by atoms with Crippen LogP contribution in [0.5, 0.6) is 0 Å². The van der Waals surface area contributed by atoms with E-state index in [2.05, 4.69) is 0 Å². The van der Waals surface area contributed by atoms with Crippen LogP contribution in [0.4, 0.5) is 0 Å². The van der Waals surface area contributed by atoms with Gasteiger partial charge in [-0.15, -0.1) is 11.3 Å². The maximum atomic E-state index is 12.0. The topological polar surface area (TPSA) is 46.3 Å². The van der Waals surface area contributed by atoms with Crippen LogP contribution in [-0.2, 0) is 4.79 Å². The summed E-state index contributed by atoms with van der Waals surface area (Å²) in [4.78, 5) is 15.0. The molecule has 0 unspecified atom stereocenters. The molecule has 3 nitrogen and oxygen atoms in total. The zero-order valence-corrected chi connectivity index (χ0v) is 10.7. The highest BCUT2D eigenvalue weighted by molar-refractivity contribution is 7.10. The second kappa shape index (κ2) is 5.98. The van der Waals surface area contributed by atoms with Gasteiger partial charge in [0.05, 0.1) is 0 Å². The van der Waals surface area contributed by atoms with E-state index < -0.39 is 0 Å². The molecule has 0 saturated carbocycles. The minimum atomic E-state index is 0.108. The number of amides is 1. The van der Waals surface area contributed by atoms with E-state index >= 15 is 0 Å². The number of rotatable bonds is 3. The number of piperidine rings is 1. The van der Waals surface area contributed by atoms with Crippen molar-refractivity contribution in [1.29, 1.82) is 0 Å². The Labute approximate surface area is 106 Å². The third-order valence-electron chi connectivity index (χ3n) is 3.10. The summed E-state index contributed by atoms with van der Waals surface area (Å²) >= 11 is 1.64. The standard InChI is InChI=1S/C13H18N2OS/c14-9-11-3-1-7-15(10-11)13(16)6-5-12-4-2-8-17-12/h2,4-6,8,11H,1,3,7,9-10,14H2/b6-5+/t11-/m0/s1. The lowest BCUT2D eigenvalue weighted by atomic mass is 9.98. The number of carbonyl (C=O) groups is 1. The Balaban J connectivity index is 1.91. The Morgan fingerprint density at radius 2 is 2.53 bits per heavy atom. The van der Waals surface area contributed by atoms with E-state index in [1.54, 1.807) is 17.4 Å². The molecule has 1 aromatic rings. The summed E-state index contributed by atoms with van der Waals surface area (Å²) in [6.07, 6.45) is 5.78. The Hall–Kier alpha value is -1.13. The van der Waals surface area contributed by atoms with E-state index in [0.717, 1.165) is 30.8 Å². The van der Waals surface area contributed by atoms with Gasteiger partial charge in [-0.2, -0.15) is 0 Å². The van der Waals surface area contributed by atoms with E-state index in [1.807, 2.05) is 28.5 Å². The molecule has 2 N–H and O–H groups in total. The molecule has 1 atom stereocenters. The number of thiophene rings is 1. The van der Waals surface area contributed by atoms with E-state index in [9.17, 15) is 4.79 Å². The summed E-state index contributed by atoms with van der Waals surface area (Å²) in [5.41, 5.74) is 5.66. The molecule has 1 aromatic heterocycles. The summed E-state index contributed by atoms with van der Waals surface area (Å²) in [5.74, 6) is 0.583. The highest BCUT2D eigenvalue weighted by Crippen LogP contribution is 2.16. The summed E-state index contributed by atoms with van der Waals surface area (Å²) in [7, 11) is 0. The quantitative estimate of drug-likeness (QED) is 0.834. The lowest BCUT2D eigenvalue weighted by Gasteiger charge is -2.31. The first-order valence-electron chi connectivity index (χ1n) is 6.00. The van der Waals surface area contributed by atoms with Crippen LogP contribution in [0.2, 0.25) is 0 Å². The lowest BCUT2D eigenvalue weighted by Crippen LogP contribution is -2.41. The monoisotopic (exact) mass is 250 g/mol. The molecular weight excluding hydrogens is 232 g/mol. The van der Waals surface area contributed by atoms with Crippen LogP contribution in [0.25, 0.3) is 6.08 Å². The van der Waals surface area contributed by atoms with E-state index in [4.69, 9.17) is 5.73 Å². The number of nitrogens with zero attached hydrogens (tertiary/aromatic N) is 1. The van der Waals surface area contributed by atoms with E-state index in [1.165, 1.54) is 0 Å². The van der Waals surface area contributed by atoms with Crippen molar-refractivity contribution in [3.8, 4) is 0 Å². The fourth-order valence-corrected chi connectivity index (χ4v) is 2.72. The third kappa shape index (κ3) is 3.41. The van der Waals surface area contributed by atoms with Gasteiger partial charge >= 0.3 is 0 Å². The Kier molecular flexibility index (Phi) is 4.34. The highest BCUT2D eigenvalue weighted by Gasteiger charge is 2.20.